The van der Waals surface area contributed by atoms with Gasteiger partial charge in [0.2, 0.25) is 5.95 Å². The first-order valence-corrected chi connectivity index (χ1v) is 6.28. The van der Waals surface area contributed by atoms with Crippen molar-refractivity contribution in [2.75, 3.05) is 5.32 Å². The predicted molar refractivity (Wildman–Crippen MR) is 73.1 cm³/mol. The minimum absolute atomic E-state index is 0.0103. The van der Waals surface area contributed by atoms with Crippen molar-refractivity contribution in [3.8, 4) is 11.5 Å². The zero-order valence-electron chi connectivity index (χ0n) is 11.3. The molecular formula is C14H13F2N3O2. The van der Waals surface area contributed by atoms with E-state index in [0.29, 0.717) is 18.2 Å². The van der Waals surface area contributed by atoms with Crippen molar-refractivity contribution < 1.29 is 18.3 Å². The van der Waals surface area contributed by atoms with Crippen LogP contribution < -0.4 is 14.8 Å². The SMILES string of the molecule is C=CCn1cc(C)nc1Nc1ccc2c(c1)OC(F)(F)O2. The molecule has 0 spiro atoms. The molecule has 3 rings (SSSR count). The number of aromatic nitrogens is 2. The molecule has 0 radical (unpaired) electrons. The quantitative estimate of drug-likeness (QED) is 0.877. The summed E-state index contributed by atoms with van der Waals surface area (Å²) in [4.78, 5) is 4.33. The summed E-state index contributed by atoms with van der Waals surface area (Å²) in [6, 6.07) is 4.48. The van der Waals surface area contributed by atoms with Gasteiger partial charge in [-0.3, -0.25) is 0 Å². The molecule has 1 aromatic heterocycles. The summed E-state index contributed by atoms with van der Waals surface area (Å²) >= 11 is 0. The molecule has 0 aliphatic carbocycles. The Morgan fingerprint density at radius 1 is 1.38 bits per heavy atom. The fourth-order valence-corrected chi connectivity index (χ4v) is 2.08. The lowest BCUT2D eigenvalue weighted by Crippen LogP contribution is -2.25. The average molecular weight is 293 g/mol. The van der Waals surface area contributed by atoms with Gasteiger partial charge in [0, 0.05) is 24.5 Å². The number of imidazole rings is 1. The fraction of sp³-hybridized carbons (Fsp3) is 0.214. The van der Waals surface area contributed by atoms with Gasteiger partial charge in [0.25, 0.3) is 0 Å². The van der Waals surface area contributed by atoms with E-state index in [4.69, 9.17) is 0 Å². The van der Waals surface area contributed by atoms with E-state index in [1.54, 1.807) is 12.1 Å². The first-order chi connectivity index (χ1) is 9.97. The lowest BCUT2D eigenvalue weighted by molar-refractivity contribution is -0.286. The van der Waals surface area contributed by atoms with Gasteiger partial charge in [0.15, 0.2) is 11.5 Å². The lowest BCUT2D eigenvalue weighted by atomic mass is 10.3. The molecule has 0 saturated heterocycles. The number of nitrogens with zero attached hydrogens (tertiary/aromatic N) is 2. The second-order valence-corrected chi connectivity index (χ2v) is 4.60. The Bertz CT molecular complexity index is 698. The molecule has 5 nitrogen and oxygen atoms in total. The summed E-state index contributed by atoms with van der Waals surface area (Å²) in [5.41, 5.74) is 1.41. The lowest BCUT2D eigenvalue weighted by Gasteiger charge is -2.08. The summed E-state index contributed by atoms with van der Waals surface area (Å²) in [7, 11) is 0. The van der Waals surface area contributed by atoms with Gasteiger partial charge in [0.05, 0.1) is 5.69 Å². The molecule has 0 unspecified atom stereocenters. The minimum atomic E-state index is -3.61. The van der Waals surface area contributed by atoms with Crippen molar-refractivity contribution >= 4 is 11.6 Å². The number of ether oxygens (including phenoxy) is 2. The summed E-state index contributed by atoms with van der Waals surface area (Å²) in [6.07, 6.45) is -0.00348. The number of hydrogen-bond donors (Lipinski definition) is 1. The molecule has 1 N–H and O–H groups in total. The van der Waals surface area contributed by atoms with Gasteiger partial charge in [-0.1, -0.05) is 6.08 Å². The number of hydrogen-bond acceptors (Lipinski definition) is 4. The number of fused-ring (bicyclic) bond motifs is 1. The van der Waals surface area contributed by atoms with E-state index >= 15 is 0 Å². The van der Waals surface area contributed by atoms with Crippen LogP contribution in [0.15, 0.2) is 37.1 Å². The molecule has 0 bridgehead atoms. The fourth-order valence-electron chi connectivity index (χ4n) is 2.08. The zero-order chi connectivity index (χ0) is 15.0. The summed E-state index contributed by atoms with van der Waals surface area (Å²) < 4.78 is 36.6. The second-order valence-electron chi connectivity index (χ2n) is 4.60. The van der Waals surface area contributed by atoms with Crippen molar-refractivity contribution in [2.24, 2.45) is 0 Å². The number of alkyl halides is 2. The van der Waals surface area contributed by atoms with Gasteiger partial charge in [-0.15, -0.1) is 15.4 Å². The third kappa shape index (κ3) is 2.67. The highest BCUT2D eigenvalue weighted by Gasteiger charge is 2.43. The van der Waals surface area contributed by atoms with Crippen molar-refractivity contribution in [3.63, 3.8) is 0 Å². The highest BCUT2D eigenvalue weighted by atomic mass is 19.3. The van der Waals surface area contributed by atoms with Crippen molar-refractivity contribution in [2.45, 2.75) is 19.8 Å². The van der Waals surface area contributed by atoms with Gasteiger partial charge in [-0.05, 0) is 19.1 Å². The average Bonchev–Trinajstić information content (AvgIpc) is 2.88. The van der Waals surface area contributed by atoms with E-state index in [0.717, 1.165) is 5.69 Å². The van der Waals surface area contributed by atoms with Crippen LogP contribution in [0.25, 0.3) is 0 Å². The van der Waals surface area contributed by atoms with Gasteiger partial charge in [-0.2, -0.15) is 0 Å². The number of allylic oxidation sites excluding steroid dienone is 1. The highest BCUT2D eigenvalue weighted by Crippen LogP contribution is 2.42. The van der Waals surface area contributed by atoms with Crippen LogP contribution in [-0.2, 0) is 6.54 Å². The van der Waals surface area contributed by atoms with Crippen LogP contribution in [0.2, 0.25) is 0 Å². The monoisotopic (exact) mass is 293 g/mol. The Labute approximate surface area is 119 Å². The van der Waals surface area contributed by atoms with E-state index in [-0.39, 0.29) is 11.5 Å². The molecule has 1 aliphatic heterocycles. The first-order valence-electron chi connectivity index (χ1n) is 6.28. The Morgan fingerprint density at radius 3 is 2.90 bits per heavy atom. The summed E-state index contributed by atoms with van der Waals surface area (Å²) in [6.45, 7) is 6.14. The summed E-state index contributed by atoms with van der Waals surface area (Å²) in [5, 5.41) is 3.06. The van der Waals surface area contributed by atoms with Crippen molar-refractivity contribution in [1.29, 1.82) is 0 Å². The van der Waals surface area contributed by atoms with Gasteiger partial charge >= 0.3 is 6.29 Å². The third-order valence-electron chi connectivity index (χ3n) is 2.88. The molecule has 0 atom stereocenters. The van der Waals surface area contributed by atoms with Gasteiger partial charge in [-0.25, -0.2) is 4.98 Å². The van der Waals surface area contributed by atoms with E-state index < -0.39 is 6.29 Å². The van der Waals surface area contributed by atoms with Crippen LogP contribution in [0.5, 0.6) is 11.5 Å². The number of nitrogens with one attached hydrogen (secondary N) is 1. The van der Waals surface area contributed by atoms with Crippen LogP contribution in [0, 0.1) is 6.92 Å². The highest BCUT2D eigenvalue weighted by molar-refractivity contribution is 5.61. The molecule has 1 aromatic carbocycles. The third-order valence-corrected chi connectivity index (χ3v) is 2.88. The maximum Gasteiger partial charge on any atom is 0.586 e. The number of anilines is 2. The predicted octanol–water partition coefficient (Wildman–Crippen LogP) is 3.44. The minimum Gasteiger partial charge on any atom is -0.395 e. The molecule has 0 fully saturated rings. The Hall–Kier alpha value is -2.57. The second kappa shape index (κ2) is 4.76. The normalized spacial score (nSPS) is 15.0. The van der Waals surface area contributed by atoms with Crippen molar-refractivity contribution in [1.82, 2.24) is 9.55 Å². The van der Waals surface area contributed by atoms with E-state index in [1.807, 2.05) is 17.7 Å². The molecule has 0 saturated carbocycles. The van der Waals surface area contributed by atoms with E-state index in [2.05, 4.69) is 26.4 Å². The van der Waals surface area contributed by atoms with Crippen molar-refractivity contribution in [3.05, 3.63) is 42.7 Å². The first kappa shape index (κ1) is 13.4. The number of benzene rings is 1. The number of rotatable bonds is 4. The smallest absolute Gasteiger partial charge is 0.395 e. The Kier molecular flexibility index (Phi) is 3.04. The van der Waals surface area contributed by atoms with E-state index in [1.165, 1.54) is 12.1 Å². The maximum atomic E-state index is 13.0. The molecule has 7 heteroatoms. The Balaban J connectivity index is 1.85. The standard InChI is InChI=1S/C14H13F2N3O2/c1-3-6-19-8-9(2)17-13(19)18-10-4-5-11-12(7-10)21-14(15,16)20-11/h3-5,7-8H,1,6H2,2H3,(H,17,18). The Morgan fingerprint density at radius 2 is 2.14 bits per heavy atom. The van der Waals surface area contributed by atoms with Crippen LogP contribution in [0.4, 0.5) is 20.4 Å². The largest absolute Gasteiger partial charge is 0.586 e. The van der Waals surface area contributed by atoms with Gasteiger partial charge in [0.1, 0.15) is 0 Å². The van der Waals surface area contributed by atoms with Gasteiger partial charge < -0.3 is 19.4 Å². The molecule has 2 aromatic rings. The van der Waals surface area contributed by atoms with Crippen LogP contribution in [-0.4, -0.2) is 15.8 Å². The number of aryl methyl sites for hydroxylation is 1. The zero-order valence-corrected chi connectivity index (χ0v) is 11.3. The molecule has 110 valence electrons. The van der Waals surface area contributed by atoms with Crippen LogP contribution in [0.1, 0.15) is 5.69 Å². The topological polar surface area (TPSA) is 48.3 Å². The molecule has 21 heavy (non-hydrogen) atoms. The molecular weight excluding hydrogens is 280 g/mol. The van der Waals surface area contributed by atoms with E-state index in [9.17, 15) is 8.78 Å². The molecule has 1 aliphatic rings. The molecule has 2 heterocycles. The van der Waals surface area contributed by atoms with Crippen LogP contribution in [0.3, 0.4) is 0 Å². The maximum absolute atomic E-state index is 13.0. The van der Waals surface area contributed by atoms with Crippen LogP contribution >= 0.6 is 0 Å². The molecule has 0 amide bonds. The summed E-state index contributed by atoms with van der Waals surface area (Å²) in [5.74, 6) is 0.595. The number of halogens is 2.